The third-order valence-electron chi connectivity index (χ3n) is 5.79. The van der Waals surface area contributed by atoms with Gasteiger partial charge in [-0.1, -0.05) is 18.2 Å². The molecule has 1 saturated carbocycles. The van der Waals surface area contributed by atoms with Crippen molar-refractivity contribution in [1.29, 1.82) is 0 Å². The highest BCUT2D eigenvalue weighted by Crippen LogP contribution is 2.38. The molecule has 10 heteroatoms. The summed E-state index contributed by atoms with van der Waals surface area (Å²) < 4.78 is 80.2. The zero-order valence-electron chi connectivity index (χ0n) is 17.1. The van der Waals surface area contributed by atoms with Gasteiger partial charge in [-0.15, -0.1) is 0 Å². The molecule has 1 amide bonds. The van der Waals surface area contributed by atoms with Crippen LogP contribution in [0.15, 0.2) is 53.4 Å². The molecule has 0 aromatic heterocycles. The lowest BCUT2D eigenvalue weighted by Crippen LogP contribution is -2.50. The molecule has 4 rings (SSSR count). The van der Waals surface area contributed by atoms with Gasteiger partial charge in [0.15, 0.2) is 0 Å². The van der Waals surface area contributed by atoms with Crippen LogP contribution in [0, 0.1) is 5.82 Å². The molecule has 172 valence electrons. The number of amides is 1. The lowest BCUT2D eigenvalue weighted by atomic mass is 10.0. The Morgan fingerprint density at radius 3 is 2.28 bits per heavy atom. The Hall–Kier alpha value is -2.46. The lowest BCUT2D eigenvalue weighted by Gasteiger charge is -2.37. The zero-order chi connectivity index (χ0) is 23.1. The van der Waals surface area contributed by atoms with E-state index in [9.17, 15) is 30.8 Å². The predicted octanol–water partition coefficient (Wildman–Crippen LogP) is 4.19. The molecule has 1 saturated heterocycles. The highest BCUT2D eigenvalue weighted by Gasteiger charge is 2.45. The van der Waals surface area contributed by atoms with Crippen molar-refractivity contribution in [2.24, 2.45) is 0 Å². The third-order valence-corrected chi connectivity index (χ3v) is 7.79. The quantitative estimate of drug-likeness (QED) is 0.595. The van der Waals surface area contributed by atoms with Crippen molar-refractivity contribution in [3.05, 3.63) is 65.5 Å². The van der Waals surface area contributed by atoms with Gasteiger partial charge in [0, 0.05) is 31.6 Å². The van der Waals surface area contributed by atoms with Crippen molar-refractivity contribution in [3.63, 3.8) is 0 Å². The van der Waals surface area contributed by atoms with Crippen LogP contribution in [0.25, 0.3) is 0 Å². The van der Waals surface area contributed by atoms with Gasteiger partial charge in [0.1, 0.15) is 5.82 Å². The molecular formula is C22H22F4N2O3S. The van der Waals surface area contributed by atoms with Crippen LogP contribution >= 0.6 is 0 Å². The van der Waals surface area contributed by atoms with Crippen molar-refractivity contribution in [1.82, 2.24) is 9.21 Å². The van der Waals surface area contributed by atoms with Crippen LogP contribution in [0.5, 0.6) is 0 Å². The fraction of sp³-hybridized carbons (Fsp3) is 0.409. The van der Waals surface area contributed by atoms with Gasteiger partial charge < -0.3 is 4.90 Å². The monoisotopic (exact) mass is 470 g/mol. The molecule has 1 heterocycles. The Labute approximate surface area is 183 Å². The maximum absolute atomic E-state index is 13.3. The van der Waals surface area contributed by atoms with Gasteiger partial charge in [0.2, 0.25) is 15.9 Å². The summed E-state index contributed by atoms with van der Waals surface area (Å²) in [6, 6.07) is 8.59. The molecule has 2 fully saturated rings. The van der Waals surface area contributed by atoms with Crippen LogP contribution in [0.3, 0.4) is 0 Å². The Balaban J connectivity index is 1.53. The van der Waals surface area contributed by atoms with E-state index in [-0.39, 0.29) is 30.7 Å². The number of carbonyl (C=O) groups is 1. The predicted molar refractivity (Wildman–Crippen MR) is 108 cm³/mol. The number of nitrogens with zero attached hydrogens (tertiary/aromatic N) is 2. The van der Waals surface area contributed by atoms with E-state index in [1.807, 2.05) is 0 Å². The number of alkyl halides is 3. The van der Waals surface area contributed by atoms with Crippen molar-refractivity contribution in [2.45, 2.75) is 55.4 Å². The SMILES string of the molecule is O=C1CC(N(C2CC2)S(=O)(=O)c2cccc(C(F)(F)F)c2)CCN1Cc1ccc(F)cc1. The van der Waals surface area contributed by atoms with Crippen LogP contribution in [-0.2, 0) is 27.5 Å². The Morgan fingerprint density at radius 1 is 1.00 bits per heavy atom. The molecule has 32 heavy (non-hydrogen) atoms. The first-order chi connectivity index (χ1) is 15.1. The summed E-state index contributed by atoms with van der Waals surface area (Å²) in [5, 5.41) is 0. The zero-order valence-corrected chi connectivity index (χ0v) is 17.9. The van der Waals surface area contributed by atoms with Crippen molar-refractivity contribution in [3.8, 4) is 0 Å². The van der Waals surface area contributed by atoms with Crippen molar-refractivity contribution >= 4 is 15.9 Å². The Morgan fingerprint density at radius 2 is 1.69 bits per heavy atom. The van der Waals surface area contributed by atoms with Gasteiger partial charge in [-0.25, -0.2) is 12.8 Å². The van der Waals surface area contributed by atoms with Gasteiger partial charge in [0.05, 0.1) is 10.5 Å². The number of halogens is 4. The number of carbonyl (C=O) groups excluding carboxylic acids is 1. The standard InChI is InChI=1S/C22H22F4N2O3S/c23-17-6-4-15(5-7-17)14-27-11-10-19(13-21(27)29)28(18-8-9-18)32(30,31)20-3-1-2-16(12-20)22(24,25)26/h1-7,12,18-19H,8-11,13-14H2. The van der Waals surface area contributed by atoms with Crippen LogP contribution in [-0.4, -0.2) is 42.2 Å². The third kappa shape index (κ3) is 4.80. The van der Waals surface area contributed by atoms with Crippen molar-refractivity contribution in [2.75, 3.05) is 6.54 Å². The second-order valence-electron chi connectivity index (χ2n) is 8.18. The highest BCUT2D eigenvalue weighted by atomic mass is 32.2. The molecule has 1 aliphatic carbocycles. The minimum atomic E-state index is -4.66. The van der Waals surface area contributed by atoms with E-state index in [2.05, 4.69) is 0 Å². The average Bonchev–Trinajstić information content (AvgIpc) is 3.56. The van der Waals surface area contributed by atoms with E-state index in [1.165, 1.54) is 16.4 Å². The molecule has 1 aliphatic heterocycles. The van der Waals surface area contributed by atoms with Crippen LogP contribution in [0.4, 0.5) is 17.6 Å². The number of rotatable bonds is 6. The van der Waals surface area contributed by atoms with E-state index < -0.39 is 32.7 Å². The molecular weight excluding hydrogens is 448 g/mol. The fourth-order valence-corrected chi connectivity index (χ4v) is 5.98. The summed E-state index contributed by atoms with van der Waals surface area (Å²) in [6.45, 7) is 0.595. The first-order valence-electron chi connectivity index (χ1n) is 10.3. The maximum Gasteiger partial charge on any atom is 0.416 e. The molecule has 0 bridgehead atoms. The van der Waals surface area contributed by atoms with Gasteiger partial charge >= 0.3 is 6.18 Å². The second kappa shape index (κ2) is 8.47. The minimum absolute atomic E-state index is 0.0457. The van der Waals surface area contributed by atoms with Crippen molar-refractivity contribution < 1.29 is 30.8 Å². The molecule has 0 N–H and O–H groups in total. The van der Waals surface area contributed by atoms with Gasteiger partial charge in [-0.2, -0.15) is 17.5 Å². The topological polar surface area (TPSA) is 57.7 Å². The molecule has 0 radical (unpaired) electrons. The molecule has 0 spiro atoms. The summed E-state index contributed by atoms with van der Waals surface area (Å²) in [7, 11) is -4.20. The average molecular weight is 470 g/mol. The smallest absolute Gasteiger partial charge is 0.338 e. The number of hydrogen-bond acceptors (Lipinski definition) is 3. The molecule has 2 aromatic carbocycles. The summed E-state index contributed by atoms with van der Waals surface area (Å²) in [6.07, 6.45) is -3.10. The first kappa shape index (κ1) is 22.7. The van der Waals surface area contributed by atoms with E-state index in [0.717, 1.165) is 23.8 Å². The largest absolute Gasteiger partial charge is 0.416 e. The fourth-order valence-electron chi connectivity index (χ4n) is 4.03. The van der Waals surface area contributed by atoms with Crippen LogP contribution < -0.4 is 0 Å². The van der Waals surface area contributed by atoms with E-state index >= 15 is 0 Å². The lowest BCUT2D eigenvalue weighted by molar-refractivity contribution is -0.138. The summed E-state index contributed by atoms with van der Waals surface area (Å²) in [4.78, 5) is 13.9. The summed E-state index contributed by atoms with van der Waals surface area (Å²) >= 11 is 0. The maximum atomic E-state index is 13.3. The molecule has 2 aromatic rings. The number of hydrogen-bond donors (Lipinski definition) is 0. The molecule has 1 atom stereocenters. The number of sulfonamides is 1. The van der Waals surface area contributed by atoms with Gasteiger partial charge in [0.25, 0.3) is 0 Å². The number of piperidine rings is 1. The molecule has 1 unspecified atom stereocenters. The van der Waals surface area contributed by atoms with E-state index in [4.69, 9.17) is 0 Å². The summed E-state index contributed by atoms with van der Waals surface area (Å²) in [5.41, 5.74) is -0.270. The second-order valence-corrected chi connectivity index (χ2v) is 10.0. The summed E-state index contributed by atoms with van der Waals surface area (Å²) in [5.74, 6) is -0.617. The minimum Gasteiger partial charge on any atom is -0.338 e. The normalized spacial score (nSPS) is 20.1. The first-order valence-corrected chi connectivity index (χ1v) is 11.7. The Kier molecular flexibility index (Phi) is 6.02. The van der Waals surface area contributed by atoms with Crippen LogP contribution in [0.2, 0.25) is 0 Å². The van der Waals surface area contributed by atoms with Gasteiger partial charge in [-0.3, -0.25) is 4.79 Å². The van der Waals surface area contributed by atoms with Crippen LogP contribution in [0.1, 0.15) is 36.8 Å². The number of likely N-dealkylation sites (tertiary alicyclic amines) is 1. The highest BCUT2D eigenvalue weighted by molar-refractivity contribution is 7.89. The van der Waals surface area contributed by atoms with E-state index in [0.29, 0.717) is 31.9 Å². The van der Waals surface area contributed by atoms with Gasteiger partial charge in [-0.05, 0) is 55.2 Å². The molecule has 2 aliphatic rings. The number of benzene rings is 2. The Bertz CT molecular complexity index is 1100. The molecule has 5 nitrogen and oxygen atoms in total. The van der Waals surface area contributed by atoms with E-state index in [1.54, 1.807) is 17.0 Å².